The fraction of sp³-hybridized carbons (Fsp3) is 0.0204. The number of benzene rings is 15. The van der Waals surface area contributed by atoms with Gasteiger partial charge in [0.2, 0.25) is 0 Å². The number of aromatic nitrogens is 6. The molecule has 2 aliphatic carbocycles. The minimum Gasteiger partial charge on any atom is -0.457 e. The van der Waals surface area contributed by atoms with E-state index in [0.29, 0.717) is 34.9 Å². The van der Waals surface area contributed by atoms with Gasteiger partial charge in [-0.3, -0.25) is 0 Å². The zero-order valence-corrected chi connectivity index (χ0v) is 57.1. The van der Waals surface area contributed by atoms with Gasteiger partial charge in [-0.2, -0.15) is 0 Å². The molecule has 1 atom stereocenters. The molecule has 106 heavy (non-hydrogen) atoms. The van der Waals surface area contributed by atoms with Crippen molar-refractivity contribution in [2.45, 2.75) is 10.8 Å². The highest BCUT2D eigenvalue weighted by atomic mass is 16.5. The van der Waals surface area contributed by atoms with Crippen molar-refractivity contribution in [2.24, 2.45) is 0 Å². The van der Waals surface area contributed by atoms with Crippen LogP contribution in [-0.2, 0) is 10.8 Å². The molecule has 0 saturated heterocycles. The summed E-state index contributed by atoms with van der Waals surface area (Å²) in [7, 11) is 0. The van der Waals surface area contributed by atoms with Gasteiger partial charge in [0.15, 0.2) is 34.9 Å². The highest BCUT2D eigenvalue weighted by Gasteiger charge is 2.53. The average Bonchev–Trinajstić information content (AvgIpc) is 1.50. The molecule has 8 nitrogen and oxygen atoms in total. The molecule has 0 saturated carbocycles. The summed E-state index contributed by atoms with van der Waals surface area (Å²) in [6.45, 7) is 0. The molecule has 0 bridgehead atoms. The number of ether oxygens (including phenoxy) is 2. The lowest BCUT2D eigenvalue weighted by Gasteiger charge is -2.39. The standard InChI is InChI=1S/C98H60N6O2/c1-4-28-61(29-5-1)68-36-10-13-41-74(68)95-101-92(63-32-8-3-9-33-63)102-96(104-95)76-43-15-12-38-70(76)66-55-57-89-85(60-66)98(82-50-23-25-53-87(82)106-89)80-48-21-18-44-77(80)90-71(45-27-51-83(90)98)64-34-26-35-67(58-64)93-99-91(62-30-6-2-7-31-62)100-94(103-93)75-42-14-11-37-69(75)65-54-56-88-84(59-65)97(81-49-22-24-52-86(81)105-88)78-46-19-16-39-72(78)73-40-17-20-47-79(73)97/h1-60H. The van der Waals surface area contributed by atoms with Crippen molar-refractivity contribution >= 4 is 0 Å². The van der Waals surface area contributed by atoms with E-state index >= 15 is 0 Å². The van der Waals surface area contributed by atoms with Crippen molar-refractivity contribution in [3.05, 3.63) is 408 Å². The van der Waals surface area contributed by atoms with E-state index < -0.39 is 10.8 Å². The van der Waals surface area contributed by atoms with E-state index in [2.05, 4.69) is 315 Å². The lowest BCUT2D eigenvalue weighted by molar-refractivity contribution is 0.436. The maximum Gasteiger partial charge on any atom is 0.164 e. The number of nitrogens with zero attached hydrogens (tertiary/aromatic N) is 6. The van der Waals surface area contributed by atoms with Crippen molar-refractivity contribution in [1.82, 2.24) is 29.9 Å². The van der Waals surface area contributed by atoms with E-state index in [0.717, 1.165) is 140 Å². The third-order valence-corrected chi connectivity index (χ3v) is 21.8. The average molecular weight is 1350 g/mol. The van der Waals surface area contributed by atoms with Gasteiger partial charge >= 0.3 is 0 Å². The highest BCUT2D eigenvalue weighted by Crippen LogP contribution is 2.65. The zero-order chi connectivity index (χ0) is 69.9. The minimum absolute atomic E-state index is 0.556. The summed E-state index contributed by atoms with van der Waals surface area (Å²) in [5, 5.41) is 0. The van der Waals surface area contributed by atoms with Crippen molar-refractivity contribution in [3.63, 3.8) is 0 Å². The Morgan fingerprint density at radius 3 is 0.943 bits per heavy atom. The van der Waals surface area contributed by atoms with Crippen LogP contribution in [0, 0.1) is 0 Å². The summed E-state index contributed by atoms with van der Waals surface area (Å²) < 4.78 is 14.0. The molecule has 1 unspecified atom stereocenters. The highest BCUT2D eigenvalue weighted by molar-refractivity contribution is 5.98. The SMILES string of the molecule is c1ccc(-c2nc(-c3cccc(-c4cccc5c4-c4ccccc4C54c5ccccc5Oc5ccc(-c6ccccc6-c6nc(-c7ccccc7)nc(-c7ccccc7-c7ccccc7)n6)cc54)c3)nc(-c3ccccc3-c3ccc4c(c3)C3(c5ccccc5O4)c4ccccc4-c4ccccc43)n2)cc1. The number of rotatable bonds is 10. The maximum atomic E-state index is 7.09. The van der Waals surface area contributed by atoms with Crippen LogP contribution < -0.4 is 9.47 Å². The minimum atomic E-state index is -0.819. The topological polar surface area (TPSA) is 95.8 Å². The van der Waals surface area contributed by atoms with Gasteiger partial charge in [0, 0.05) is 55.6 Å². The Kier molecular flexibility index (Phi) is 13.9. The number of para-hydroxylation sites is 2. The first-order valence-electron chi connectivity index (χ1n) is 35.9. The molecule has 2 aromatic heterocycles. The van der Waals surface area contributed by atoms with Crippen molar-refractivity contribution in [3.8, 4) is 158 Å². The van der Waals surface area contributed by atoms with E-state index in [4.69, 9.17) is 39.4 Å². The smallest absolute Gasteiger partial charge is 0.164 e. The lowest BCUT2D eigenvalue weighted by atomic mass is 9.65. The maximum absolute atomic E-state index is 7.09. The monoisotopic (exact) mass is 1350 g/mol. The van der Waals surface area contributed by atoms with Gasteiger partial charge in [-0.05, 0) is 131 Å². The first kappa shape index (κ1) is 60.7. The summed E-state index contributed by atoms with van der Waals surface area (Å²) in [6.07, 6.45) is 0. The fourth-order valence-corrected chi connectivity index (χ4v) is 17.3. The Labute approximate surface area is 613 Å². The van der Waals surface area contributed by atoms with E-state index in [9.17, 15) is 0 Å². The van der Waals surface area contributed by atoms with Crippen LogP contribution in [-0.4, -0.2) is 29.9 Å². The molecular weight excluding hydrogens is 1290 g/mol. The molecule has 494 valence electrons. The number of fused-ring (bicyclic) bond motifs is 18. The van der Waals surface area contributed by atoms with Gasteiger partial charge in [-0.15, -0.1) is 0 Å². The summed E-state index contributed by atoms with van der Waals surface area (Å²) in [4.78, 5) is 32.3. The Hall–Kier alpha value is -14.1. The van der Waals surface area contributed by atoms with Crippen LogP contribution in [0.2, 0.25) is 0 Å². The Morgan fingerprint density at radius 1 is 0.160 bits per heavy atom. The second-order valence-electron chi connectivity index (χ2n) is 27.4. The molecule has 21 rings (SSSR count). The Bertz CT molecular complexity index is 6390. The van der Waals surface area contributed by atoms with E-state index in [1.54, 1.807) is 0 Å². The molecule has 15 aromatic carbocycles. The zero-order valence-electron chi connectivity index (χ0n) is 57.1. The van der Waals surface area contributed by atoms with Crippen molar-refractivity contribution < 1.29 is 9.47 Å². The van der Waals surface area contributed by atoms with Crippen LogP contribution in [0.15, 0.2) is 364 Å². The molecule has 0 radical (unpaired) electrons. The van der Waals surface area contributed by atoms with Gasteiger partial charge in [0.05, 0.1) is 10.8 Å². The molecule has 2 spiro atoms. The van der Waals surface area contributed by atoms with Gasteiger partial charge in [0.1, 0.15) is 23.0 Å². The van der Waals surface area contributed by atoms with Gasteiger partial charge in [-0.25, -0.2) is 29.9 Å². The predicted octanol–water partition coefficient (Wildman–Crippen LogP) is 23.7. The van der Waals surface area contributed by atoms with Crippen LogP contribution in [0.4, 0.5) is 0 Å². The molecule has 0 amide bonds. The van der Waals surface area contributed by atoms with Crippen LogP contribution in [0.1, 0.15) is 44.5 Å². The van der Waals surface area contributed by atoms with E-state index in [1.807, 2.05) is 48.5 Å². The van der Waals surface area contributed by atoms with Crippen LogP contribution in [0.25, 0.3) is 135 Å². The summed E-state index contributed by atoms with van der Waals surface area (Å²) in [5.74, 6) is 6.70. The Balaban J connectivity index is 0.701. The van der Waals surface area contributed by atoms with Crippen LogP contribution in [0.5, 0.6) is 23.0 Å². The lowest BCUT2D eigenvalue weighted by Crippen LogP contribution is -2.32. The molecule has 0 fully saturated rings. The summed E-state index contributed by atoms with van der Waals surface area (Å²) >= 11 is 0. The van der Waals surface area contributed by atoms with Crippen molar-refractivity contribution in [1.29, 1.82) is 0 Å². The van der Waals surface area contributed by atoms with Crippen LogP contribution >= 0.6 is 0 Å². The van der Waals surface area contributed by atoms with Gasteiger partial charge < -0.3 is 9.47 Å². The normalized spacial score (nSPS) is 14.1. The third kappa shape index (κ3) is 9.34. The number of hydrogen-bond acceptors (Lipinski definition) is 8. The molecule has 2 aliphatic heterocycles. The first-order chi connectivity index (χ1) is 52.5. The van der Waals surface area contributed by atoms with Gasteiger partial charge in [-0.1, -0.05) is 322 Å². The molecule has 8 heteroatoms. The van der Waals surface area contributed by atoms with E-state index in [1.165, 1.54) is 27.8 Å². The summed E-state index contributed by atoms with van der Waals surface area (Å²) in [5.41, 5.74) is 25.8. The Morgan fingerprint density at radius 2 is 0.453 bits per heavy atom. The molecule has 4 aliphatic rings. The molecular formula is C98H60N6O2. The van der Waals surface area contributed by atoms with Crippen molar-refractivity contribution in [2.75, 3.05) is 0 Å². The van der Waals surface area contributed by atoms with Gasteiger partial charge in [0.25, 0.3) is 0 Å². The summed E-state index contributed by atoms with van der Waals surface area (Å²) in [6, 6.07) is 129. The largest absolute Gasteiger partial charge is 0.457 e. The second kappa shape index (κ2) is 24.3. The third-order valence-electron chi connectivity index (χ3n) is 21.8. The van der Waals surface area contributed by atoms with E-state index in [-0.39, 0.29) is 0 Å². The molecule has 17 aromatic rings. The second-order valence-corrected chi connectivity index (χ2v) is 27.4. The predicted molar refractivity (Wildman–Crippen MR) is 422 cm³/mol. The first-order valence-corrected chi connectivity index (χ1v) is 35.9. The molecule has 0 N–H and O–H groups in total. The molecule has 4 heterocycles. The van der Waals surface area contributed by atoms with Crippen LogP contribution in [0.3, 0.4) is 0 Å². The quantitative estimate of drug-likeness (QED) is 0.134. The number of hydrogen-bond donors (Lipinski definition) is 0. The fourth-order valence-electron chi connectivity index (χ4n) is 17.3.